The zero-order valence-corrected chi connectivity index (χ0v) is 31.2. The van der Waals surface area contributed by atoms with Crippen molar-refractivity contribution in [2.75, 3.05) is 0 Å². The number of fused-ring (bicyclic) bond motifs is 11. The fourth-order valence-electron chi connectivity index (χ4n) is 10.0. The first-order chi connectivity index (χ1) is 27.5. The van der Waals surface area contributed by atoms with Crippen molar-refractivity contribution < 1.29 is 4.42 Å². The second-order valence-corrected chi connectivity index (χ2v) is 16.0. The fraction of sp³-hybridized carbons (Fsp3) is 0.0545. The molecule has 0 N–H and O–H groups in total. The number of benzene rings is 10. The highest BCUT2D eigenvalue weighted by molar-refractivity contribution is 6.24. The van der Waals surface area contributed by atoms with Crippen LogP contribution in [0.1, 0.15) is 25.0 Å². The van der Waals surface area contributed by atoms with E-state index in [2.05, 4.69) is 196 Å². The van der Waals surface area contributed by atoms with Gasteiger partial charge in [0, 0.05) is 16.2 Å². The zero-order valence-electron chi connectivity index (χ0n) is 31.2. The van der Waals surface area contributed by atoms with Crippen molar-refractivity contribution in [3.05, 3.63) is 193 Å². The van der Waals surface area contributed by atoms with Gasteiger partial charge in [-0.2, -0.15) is 0 Å². The standard InChI is InChI=1S/C55H36O/c1-55(2)48-25-12-11-19-39(48)46-30-47-50(32-49(46)55)56-51-31-45(38-18-5-6-20-40(38)54(47)51)35-16-13-17-36(29-35)52-41-21-7-9-23-43(41)53(44-24-10-8-22-42(44)52)37-27-26-33-14-3-4-15-34(33)28-37/h3-32H,1-2H3. The maximum Gasteiger partial charge on any atom is 0.136 e. The molecule has 1 aromatic heterocycles. The van der Waals surface area contributed by atoms with E-state index in [0.717, 1.165) is 11.2 Å². The lowest BCUT2D eigenvalue weighted by Gasteiger charge is -2.21. The first-order valence-corrected chi connectivity index (χ1v) is 19.6. The van der Waals surface area contributed by atoms with E-state index in [4.69, 9.17) is 4.42 Å². The minimum atomic E-state index is -0.0885. The second-order valence-electron chi connectivity index (χ2n) is 16.0. The van der Waals surface area contributed by atoms with Gasteiger partial charge in [0.2, 0.25) is 0 Å². The third-order valence-electron chi connectivity index (χ3n) is 12.6. The van der Waals surface area contributed by atoms with Gasteiger partial charge in [-0.25, -0.2) is 0 Å². The molecule has 11 aromatic rings. The fourth-order valence-corrected chi connectivity index (χ4v) is 10.0. The summed E-state index contributed by atoms with van der Waals surface area (Å²) in [6.45, 7) is 4.66. The molecule has 0 atom stereocenters. The van der Waals surface area contributed by atoms with Gasteiger partial charge in [-0.15, -0.1) is 0 Å². The second kappa shape index (κ2) is 11.5. The van der Waals surface area contributed by atoms with Crippen LogP contribution in [-0.2, 0) is 5.41 Å². The summed E-state index contributed by atoms with van der Waals surface area (Å²) in [6, 6.07) is 67.1. The molecule has 1 heteroatoms. The van der Waals surface area contributed by atoms with E-state index in [0.29, 0.717) is 0 Å². The Morgan fingerprint density at radius 1 is 0.339 bits per heavy atom. The van der Waals surface area contributed by atoms with E-state index in [1.165, 1.54) is 109 Å². The minimum absolute atomic E-state index is 0.0885. The van der Waals surface area contributed by atoms with Crippen molar-refractivity contribution >= 4 is 65.0 Å². The lowest BCUT2D eigenvalue weighted by molar-refractivity contribution is 0.647. The average molecular weight is 713 g/mol. The Hall–Kier alpha value is -6.96. The summed E-state index contributed by atoms with van der Waals surface area (Å²) in [7, 11) is 0. The number of hydrogen-bond acceptors (Lipinski definition) is 1. The van der Waals surface area contributed by atoms with E-state index in [1.807, 2.05) is 0 Å². The minimum Gasteiger partial charge on any atom is -0.456 e. The van der Waals surface area contributed by atoms with Crippen molar-refractivity contribution in [3.63, 3.8) is 0 Å². The predicted octanol–water partition coefficient (Wildman–Crippen LogP) is 15.5. The molecule has 1 aliphatic carbocycles. The maximum absolute atomic E-state index is 6.85. The van der Waals surface area contributed by atoms with Gasteiger partial charge in [0.25, 0.3) is 0 Å². The molecule has 262 valence electrons. The van der Waals surface area contributed by atoms with Crippen LogP contribution in [0, 0.1) is 0 Å². The molecule has 0 aliphatic heterocycles. The van der Waals surface area contributed by atoms with Gasteiger partial charge in [0.05, 0.1) is 0 Å². The van der Waals surface area contributed by atoms with Crippen LogP contribution in [0.15, 0.2) is 186 Å². The van der Waals surface area contributed by atoms with Crippen LogP contribution in [-0.4, -0.2) is 0 Å². The summed E-state index contributed by atoms with van der Waals surface area (Å²) in [5.41, 5.74) is 14.4. The SMILES string of the molecule is CC1(C)c2ccccc2-c2cc3c(cc21)oc1cc(-c2cccc(-c4c5ccccc5c(-c5ccc6ccccc6c5)c5ccccc45)c2)c2ccccc2c13. The molecule has 0 saturated carbocycles. The molecule has 0 amide bonds. The monoisotopic (exact) mass is 712 g/mol. The Morgan fingerprint density at radius 2 is 0.929 bits per heavy atom. The van der Waals surface area contributed by atoms with Crippen LogP contribution < -0.4 is 0 Å². The first-order valence-electron chi connectivity index (χ1n) is 19.6. The molecule has 1 aliphatic rings. The van der Waals surface area contributed by atoms with Crippen LogP contribution >= 0.6 is 0 Å². The van der Waals surface area contributed by atoms with Gasteiger partial charge in [-0.05, 0) is 129 Å². The summed E-state index contributed by atoms with van der Waals surface area (Å²) in [5.74, 6) is 0. The van der Waals surface area contributed by atoms with Gasteiger partial charge in [0.15, 0.2) is 0 Å². The van der Waals surface area contributed by atoms with Gasteiger partial charge >= 0.3 is 0 Å². The highest BCUT2D eigenvalue weighted by Crippen LogP contribution is 2.52. The summed E-state index contributed by atoms with van der Waals surface area (Å²) in [4.78, 5) is 0. The quantitative estimate of drug-likeness (QED) is 0.166. The molecule has 0 unspecified atom stereocenters. The van der Waals surface area contributed by atoms with Crippen molar-refractivity contribution in [1.82, 2.24) is 0 Å². The highest BCUT2D eigenvalue weighted by atomic mass is 16.3. The van der Waals surface area contributed by atoms with Gasteiger partial charge in [-0.3, -0.25) is 0 Å². The number of hydrogen-bond donors (Lipinski definition) is 0. The molecule has 10 aromatic carbocycles. The van der Waals surface area contributed by atoms with Crippen LogP contribution in [0.3, 0.4) is 0 Å². The summed E-state index contributed by atoms with van der Waals surface area (Å²) >= 11 is 0. The van der Waals surface area contributed by atoms with Gasteiger partial charge in [-0.1, -0.05) is 166 Å². The molecule has 0 saturated heterocycles. The lowest BCUT2D eigenvalue weighted by atomic mass is 9.82. The maximum atomic E-state index is 6.85. The summed E-state index contributed by atoms with van der Waals surface area (Å²) < 4.78 is 6.85. The summed E-state index contributed by atoms with van der Waals surface area (Å²) in [6.07, 6.45) is 0. The van der Waals surface area contributed by atoms with E-state index < -0.39 is 0 Å². The molecule has 0 bridgehead atoms. The molecule has 0 fully saturated rings. The number of furan rings is 1. The molecular formula is C55H36O. The third kappa shape index (κ3) is 4.37. The van der Waals surface area contributed by atoms with Crippen LogP contribution in [0.25, 0.3) is 110 Å². The highest BCUT2D eigenvalue weighted by Gasteiger charge is 2.36. The third-order valence-corrected chi connectivity index (χ3v) is 12.6. The zero-order chi connectivity index (χ0) is 37.1. The molecule has 1 nitrogen and oxygen atoms in total. The van der Waals surface area contributed by atoms with Gasteiger partial charge < -0.3 is 4.42 Å². The molecule has 56 heavy (non-hydrogen) atoms. The predicted molar refractivity (Wildman–Crippen MR) is 238 cm³/mol. The number of rotatable bonds is 3. The topological polar surface area (TPSA) is 13.1 Å². The Morgan fingerprint density at radius 3 is 1.66 bits per heavy atom. The van der Waals surface area contributed by atoms with Crippen LogP contribution in [0.5, 0.6) is 0 Å². The van der Waals surface area contributed by atoms with Crippen molar-refractivity contribution in [2.24, 2.45) is 0 Å². The Labute approximate surface area is 325 Å². The Kier molecular flexibility index (Phi) is 6.46. The van der Waals surface area contributed by atoms with Crippen molar-refractivity contribution in [1.29, 1.82) is 0 Å². The molecular weight excluding hydrogens is 677 g/mol. The smallest absolute Gasteiger partial charge is 0.136 e. The van der Waals surface area contributed by atoms with Crippen molar-refractivity contribution in [3.8, 4) is 44.5 Å². The molecule has 0 spiro atoms. The lowest BCUT2D eigenvalue weighted by Crippen LogP contribution is -2.14. The average Bonchev–Trinajstić information content (AvgIpc) is 3.72. The van der Waals surface area contributed by atoms with E-state index >= 15 is 0 Å². The van der Waals surface area contributed by atoms with E-state index in [9.17, 15) is 0 Å². The van der Waals surface area contributed by atoms with E-state index in [-0.39, 0.29) is 5.41 Å². The van der Waals surface area contributed by atoms with Crippen LogP contribution in [0.4, 0.5) is 0 Å². The Bertz CT molecular complexity index is 3390. The van der Waals surface area contributed by atoms with E-state index in [1.54, 1.807) is 0 Å². The van der Waals surface area contributed by atoms with Crippen molar-refractivity contribution in [2.45, 2.75) is 19.3 Å². The summed E-state index contributed by atoms with van der Waals surface area (Å²) in [5, 5.41) is 12.3. The first kappa shape index (κ1) is 31.4. The van der Waals surface area contributed by atoms with Crippen LogP contribution in [0.2, 0.25) is 0 Å². The van der Waals surface area contributed by atoms with Gasteiger partial charge in [0.1, 0.15) is 11.2 Å². The molecule has 0 radical (unpaired) electrons. The molecule has 12 rings (SSSR count). The molecule has 1 heterocycles. The normalized spacial score (nSPS) is 13.3. The Balaban J connectivity index is 1.08. The largest absolute Gasteiger partial charge is 0.456 e.